The molecule has 0 aliphatic rings. The van der Waals surface area contributed by atoms with Crippen LogP contribution in [0.15, 0.2) is 48.4 Å². The zero-order valence-electron chi connectivity index (χ0n) is 8.46. The second-order valence-corrected chi connectivity index (χ2v) is 4.50. The van der Waals surface area contributed by atoms with E-state index in [1.807, 2.05) is 6.07 Å². The third kappa shape index (κ3) is 4.10. The van der Waals surface area contributed by atoms with Crippen molar-refractivity contribution < 1.29 is 13.2 Å². The lowest BCUT2D eigenvalue weighted by molar-refractivity contribution is -0.114. The first-order valence-electron chi connectivity index (χ1n) is 4.46. The molecule has 0 heterocycles. The summed E-state index contributed by atoms with van der Waals surface area (Å²) in [5.74, 6) is -0.752. The van der Waals surface area contributed by atoms with Crippen molar-refractivity contribution in [1.82, 2.24) is 4.72 Å². The molecule has 0 atom stereocenters. The molecule has 5 heteroatoms. The van der Waals surface area contributed by atoms with Crippen LogP contribution < -0.4 is 4.72 Å². The normalized spacial score (nSPS) is 11.2. The summed E-state index contributed by atoms with van der Waals surface area (Å²) in [6, 6.07) is 8.90. The topological polar surface area (TPSA) is 63.2 Å². The third-order valence-electron chi connectivity index (χ3n) is 1.67. The molecule has 84 valence electrons. The summed E-state index contributed by atoms with van der Waals surface area (Å²) in [6.07, 6.45) is 2.30. The zero-order valence-corrected chi connectivity index (χ0v) is 9.28. The third-order valence-corrected chi connectivity index (χ3v) is 2.65. The lowest BCUT2D eigenvalue weighted by Gasteiger charge is -1.98. The van der Waals surface area contributed by atoms with Crippen LogP contribution in [0.4, 0.5) is 0 Å². The smallest absolute Gasteiger partial charge is 0.257 e. The molecule has 4 nitrogen and oxygen atoms in total. The van der Waals surface area contributed by atoms with Gasteiger partial charge in [0, 0.05) is 0 Å². The van der Waals surface area contributed by atoms with Crippen molar-refractivity contribution in [2.24, 2.45) is 0 Å². The Morgan fingerprint density at radius 3 is 2.44 bits per heavy atom. The Kier molecular flexibility index (Phi) is 4.02. The van der Waals surface area contributed by atoms with Crippen molar-refractivity contribution in [3.63, 3.8) is 0 Å². The molecule has 1 rings (SSSR count). The van der Waals surface area contributed by atoms with Gasteiger partial charge in [0.15, 0.2) is 0 Å². The monoisotopic (exact) mass is 237 g/mol. The first-order chi connectivity index (χ1) is 7.53. The van der Waals surface area contributed by atoms with E-state index in [9.17, 15) is 13.2 Å². The van der Waals surface area contributed by atoms with E-state index in [1.165, 1.54) is 6.08 Å². The molecule has 1 amide bonds. The molecular formula is C11H11NO3S. The number of hydrogen-bond donors (Lipinski definition) is 1. The highest BCUT2D eigenvalue weighted by atomic mass is 32.2. The van der Waals surface area contributed by atoms with E-state index in [2.05, 4.69) is 6.58 Å². The summed E-state index contributed by atoms with van der Waals surface area (Å²) in [6.45, 7) is 3.16. The number of amides is 1. The SMILES string of the molecule is C=CC(=O)NS(=O)(=O)/C=C/c1ccccc1. The van der Waals surface area contributed by atoms with Gasteiger partial charge in [-0.1, -0.05) is 36.9 Å². The molecule has 1 aromatic rings. The maximum absolute atomic E-state index is 11.3. The molecule has 0 saturated carbocycles. The van der Waals surface area contributed by atoms with E-state index in [4.69, 9.17) is 0 Å². The minimum Gasteiger partial charge on any atom is -0.269 e. The van der Waals surface area contributed by atoms with Crippen LogP contribution in [0.25, 0.3) is 6.08 Å². The molecule has 0 aliphatic carbocycles. The van der Waals surface area contributed by atoms with Crippen LogP contribution >= 0.6 is 0 Å². The van der Waals surface area contributed by atoms with Gasteiger partial charge in [-0.15, -0.1) is 0 Å². The van der Waals surface area contributed by atoms with Crippen LogP contribution in [-0.2, 0) is 14.8 Å². The van der Waals surface area contributed by atoms with Crippen LogP contribution in [0.1, 0.15) is 5.56 Å². The van der Waals surface area contributed by atoms with Gasteiger partial charge in [-0.3, -0.25) is 4.79 Å². The Morgan fingerprint density at radius 1 is 1.25 bits per heavy atom. The number of carbonyl (C=O) groups excluding carboxylic acids is 1. The van der Waals surface area contributed by atoms with E-state index in [0.29, 0.717) is 0 Å². The first kappa shape index (κ1) is 12.2. The van der Waals surface area contributed by atoms with Crippen LogP contribution in [0.5, 0.6) is 0 Å². The Hall–Kier alpha value is -1.88. The second-order valence-electron chi connectivity index (χ2n) is 2.93. The van der Waals surface area contributed by atoms with Gasteiger partial charge in [-0.2, -0.15) is 0 Å². The number of benzene rings is 1. The van der Waals surface area contributed by atoms with Gasteiger partial charge < -0.3 is 0 Å². The quantitative estimate of drug-likeness (QED) is 0.802. The van der Waals surface area contributed by atoms with E-state index in [1.54, 1.807) is 29.0 Å². The highest BCUT2D eigenvalue weighted by Crippen LogP contribution is 2.02. The number of hydrogen-bond acceptors (Lipinski definition) is 3. The number of nitrogens with one attached hydrogen (secondary N) is 1. The van der Waals surface area contributed by atoms with Gasteiger partial charge >= 0.3 is 0 Å². The van der Waals surface area contributed by atoms with E-state index < -0.39 is 15.9 Å². The molecule has 0 bridgehead atoms. The number of sulfonamides is 1. The Bertz CT molecular complexity index is 503. The molecule has 0 spiro atoms. The van der Waals surface area contributed by atoms with Crippen LogP contribution in [0, 0.1) is 0 Å². The minimum atomic E-state index is -3.74. The van der Waals surface area contributed by atoms with Gasteiger partial charge in [-0.25, -0.2) is 13.1 Å². The van der Waals surface area contributed by atoms with Crippen molar-refractivity contribution in [3.8, 4) is 0 Å². The first-order valence-corrected chi connectivity index (χ1v) is 6.00. The number of rotatable bonds is 4. The van der Waals surface area contributed by atoms with E-state index >= 15 is 0 Å². The average Bonchev–Trinajstić information content (AvgIpc) is 2.27. The molecule has 1 aromatic carbocycles. The molecule has 16 heavy (non-hydrogen) atoms. The van der Waals surface area contributed by atoms with Crippen molar-refractivity contribution in [1.29, 1.82) is 0 Å². The maximum Gasteiger partial charge on any atom is 0.257 e. The van der Waals surface area contributed by atoms with Gasteiger partial charge in [0.25, 0.3) is 15.9 Å². The van der Waals surface area contributed by atoms with E-state index in [-0.39, 0.29) is 0 Å². The van der Waals surface area contributed by atoms with Gasteiger partial charge in [0.2, 0.25) is 0 Å². The molecule has 0 aromatic heterocycles. The Morgan fingerprint density at radius 2 is 1.88 bits per heavy atom. The summed E-state index contributed by atoms with van der Waals surface area (Å²) in [4.78, 5) is 10.8. The Labute approximate surface area is 94.3 Å². The predicted octanol–water partition coefficient (Wildman–Crippen LogP) is 1.29. The Balaban J connectivity index is 2.77. The molecule has 0 saturated heterocycles. The fraction of sp³-hybridized carbons (Fsp3) is 0. The number of carbonyl (C=O) groups is 1. The minimum absolute atomic E-state index is 0.735. The molecule has 0 radical (unpaired) electrons. The molecular weight excluding hydrogens is 226 g/mol. The standard InChI is InChI=1S/C11H11NO3S/c1-2-11(13)12-16(14,15)9-8-10-6-4-3-5-7-10/h2-9H,1H2,(H,12,13)/b9-8+. The highest BCUT2D eigenvalue weighted by Gasteiger charge is 2.06. The largest absolute Gasteiger partial charge is 0.269 e. The van der Waals surface area contributed by atoms with Gasteiger partial charge in [0.1, 0.15) is 0 Å². The highest BCUT2D eigenvalue weighted by molar-refractivity contribution is 7.93. The lowest BCUT2D eigenvalue weighted by atomic mass is 10.2. The summed E-state index contributed by atoms with van der Waals surface area (Å²) in [5, 5.41) is 0.934. The predicted molar refractivity (Wildman–Crippen MR) is 62.7 cm³/mol. The van der Waals surface area contributed by atoms with Gasteiger partial charge in [0.05, 0.1) is 5.41 Å². The molecule has 0 fully saturated rings. The van der Waals surface area contributed by atoms with Crippen LogP contribution in [0.3, 0.4) is 0 Å². The van der Waals surface area contributed by atoms with Crippen molar-refractivity contribution in [3.05, 3.63) is 54.0 Å². The average molecular weight is 237 g/mol. The summed E-state index contributed by atoms with van der Waals surface area (Å²) in [7, 11) is -3.74. The van der Waals surface area contributed by atoms with Crippen molar-refractivity contribution >= 4 is 22.0 Å². The van der Waals surface area contributed by atoms with Crippen LogP contribution in [-0.4, -0.2) is 14.3 Å². The zero-order chi connectivity index (χ0) is 12.0. The van der Waals surface area contributed by atoms with Crippen molar-refractivity contribution in [2.75, 3.05) is 0 Å². The molecule has 0 aliphatic heterocycles. The molecule has 1 N–H and O–H groups in total. The maximum atomic E-state index is 11.3. The van der Waals surface area contributed by atoms with Gasteiger partial charge in [-0.05, 0) is 17.7 Å². The summed E-state index contributed by atoms with van der Waals surface area (Å²) < 4.78 is 24.4. The fourth-order valence-electron chi connectivity index (χ4n) is 0.948. The molecule has 0 unspecified atom stereocenters. The summed E-state index contributed by atoms with van der Waals surface area (Å²) >= 11 is 0. The van der Waals surface area contributed by atoms with Crippen molar-refractivity contribution in [2.45, 2.75) is 0 Å². The summed E-state index contributed by atoms with van der Waals surface area (Å²) in [5.41, 5.74) is 0.735. The van der Waals surface area contributed by atoms with Crippen LogP contribution in [0.2, 0.25) is 0 Å². The lowest BCUT2D eigenvalue weighted by Crippen LogP contribution is -2.26. The van der Waals surface area contributed by atoms with E-state index in [0.717, 1.165) is 17.0 Å². The second kappa shape index (κ2) is 5.27. The fourth-order valence-corrected chi connectivity index (χ4v) is 1.72.